The van der Waals surface area contributed by atoms with Crippen molar-refractivity contribution in [2.45, 2.75) is 32.9 Å². The van der Waals surface area contributed by atoms with E-state index >= 15 is 0 Å². The second-order valence-corrected chi connectivity index (χ2v) is 7.01. The Morgan fingerprint density at radius 2 is 1.82 bits per heavy atom. The third kappa shape index (κ3) is 7.05. The molecule has 0 aromatic carbocycles. The topological polar surface area (TPSA) is 59.1 Å². The molecule has 0 aromatic rings. The van der Waals surface area contributed by atoms with E-state index in [9.17, 15) is 9.90 Å². The molecule has 2 N–H and O–H groups in total. The van der Waals surface area contributed by atoms with E-state index in [0.29, 0.717) is 25.6 Å². The van der Waals surface area contributed by atoms with Crippen molar-refractivity contribution >= 4 is 5.91 Å². The van der Waals surface area contributed by atoms with Crippen LogP contribution < -0.4 is 5.32 Å². The van der Waals surface area contributed by atoms with Crippen molar-refractivity contribution in [1.82, 2.24) is 20.0 Å². The molecular formula is C16H34N4O2. The molecule has 0 spiro atoms. The number of carbonyl (C=O) groups is 1. The Morgan fingerprint density at radius 3 is 2.36 bits per heavy atom. The van der Waals surface area contributed by atoms with Gasteiger partial charge in [-0.25, -0.2) is 0 Å². The third-order valence-electron chi connectivity index (χ3n) is 4.29. The number of likely N-dealkylation sites (N-methyl/N-ethyl adjacent to an activating group) is 2. The van der Waals surface area contributed by atoms with Gasteiger partial charge in [-0.3, -0.25) is 14.6 Å². The van der Waals surface area contributed by atoms with Gasteiger partial charge in [0.05, 0.1) is 12.1 Å². The molecular weight excluding hydrogens is 280 g/mol. The van der Waals surface area contributed by atoms with Gasteiger partial charge in [0.25, 0.3) is 0 Å². The van der Waals surface area contributed by atoms with Crippen molar-refractivity contribution < 1.29 is 9.90 Å². The van der Waals surface area contributed by atoms with Crippen LogP contribution in [0.2, 0.25) is 0 Å². The van der Waals surface area contributed by atoms with E-state index in [4.69, 9.17) is 0 Å². The lowest BCUT2D eigenvalue weighted by molar-refractivity contribution is -0.126. The van der Waals surface area contributed by atoms with Crippen molar-refractivity contribution in [3.63, 3.8) is 0 Å². The average Bonchev–Trinajstić information content (AvgIpc) is 2.46. The number of amides is 1. The second kappa shape index (κ2) is 9.45. The smallest absolute Gasteiger partial charge is 0.237 e. The number of hydrogen-bond donors (Lipinski definition) is 2. The Bertz CT molecular complexity index is 330. The molecule has 0 aromatic heterocycles. The fraction of sp³-hybridized carbons (Fsp3) is 0.938. The molecule has 0 bridgehead atoms. The van der Waals surface area contributed by atoms with Gasteiger partial charge in [0.15, 0.2) is 0 Å². The lowest BCUT2D eigenvalue weighted by Crippen LogP contribution is -2.51. The molecule has 1 rings (SSSR count). The summed E-state index contributed by atoms with van der Waals surface area (Å²) < 4.78 is 0. The van der Waals surface area contributed by atoms with Crippen LogP contribution in [0.15, 0.2) is 0 Å². The quantitative estimate of drug-likeness (QED) is 0.643. The van der Waals surface area contributed by atoms with E-state index in [1.165, 1.54) is 0 Å². The Hall–Kier alpha value is -0.690. The Balaban J connectivity index is 2.30. The molecule has 2 unspecified atom stereocenters. The molecule has 0 radical (unpaired) electrons. The summed E-state index contributed by atoms with van der Waals surface area (Å²) in [6.45, 7) is 12.0. The van der Waals surface area contributed by atoms with Crippen LogP contribution in [0.4, 0.5) is 0 Å². The summed E-state index contributed by atoms with van der Waals surface area (Å²) in [6.07, 6.45) is -0.422. The molecule has 1 aliphatic heterocycles. The number of rotatable bonds is 8. The highest BCUT2D eigenvalue weighted by atomic mass is 16.3. The summed E-state index contributed by atoms with van der Waals surface area (Å²) in [5, 5.41) is 13.2. The molecule has 1 heterocycles. The number of carbonyl (C=O) groups excluding carboxylic acids is 1. The molecule has 1 aliphatic rings. The van der Waals surface area contributed by atoms with Crippen molar-refractivity contribution in [2.24, 2.45) is 5.92 Å². The minimum absolute atomic E-state index is 0.0306. The largest absolute Gasteiger partial charge is 0.390 e. The minimum Gasteiger partial charge on any atom is -0.390 e. The molecule has 2 atom stereocenters. The molecule has 22 heavy (non-hydrogen) atoms. The maximum Gasteiger partial charge on any atom is 0.237 e. The zero-order valence-corrected chi connectivity index (χ0v) is 14.9. The molecule has 1 fully saturated rings. The lowest BCUT2D eigenvalue weighted by atomic mass is 10.2. The molecule has 1 amide bonds. The number of β-amino-alcohol motifs (C(OH)–C–C–N with tert-alkyl or cyclic N) is 1. The maximum atomic E-state index is 12.0. The Labute approximate surface area is 135 Å². The summed E-state index contributed by atoms with van der Waals surface area (Å²) in [5.41, 5.74) is 0. The monoisotopic (exact) mass is 314 g/mol. The molecule has 130 valence electrons. The van der Waals surface area contributed by atoms with E-state index in [1.807, 2.05) is 18.9 Å². The van der Waals surface area contributed by atoms with Crippen LogP contribution in [-0.2, 0) is 4.79 Å². The van der Waals surface area contributed by atoms with Crippen molar-refractivity contribution in [1.29, 1.82) is 0 Å². The number of nitrogens with zero attached hydrogens (tertiary/aromatic N) is 3. The number of hydrogen-bond acceptors (Lipinski definition) is 5. The number of aliphatic hydroxyl groups is 1. The lowest BCUT2D eigenvalue weighted by Gasteiger charge is -2.34. The number of nitrogens with one attached hydrogen (secondary N) is 1. The fourth-order valence-electron chi connectivity index (χ4n) is 2.53. The number of aliphatic hydroxyl groups excluding tert-OH is 1. The highest BCUT2D eigenvalue weighted by Crippen LogP contribution is 2.04. The second-order valence-electron chi connectivity index (χ2n) is 7.01. The molecule has 1 saturated heterocycles. The van der Waals surface area contributed by atoms with Gasteiger partial charge < -0.3 is 15.3 Å². The molecule has 6 heteroatoms. The minimum atomic E-state index is -0.422. The Morgan fingerprint density at radius 1 is 1.23 bits per heavy atom. The Kier molecular flexibility index (Phi) is 8.31. The summed E-state index contributed by atoms with van der Waals surface area (Å²) >= 11 is 0. The van der Waals surface area contributed by atoms with Gasteiger partial charge in [-0.15, -0.1) is 0 Å². The molecule has 0 aliphatic carbocycles. The van der Waals surface area contributed by atoms with Gasteiger partial charge >= 0.3 is 0 Å². The third-order valence-corrected chi connectivity index (χ3v) is 4.29. The summed E-state index contributed by atoms with van der Waals surface area (Å²) in [5.74, 6) is 0.479. The van der Waals surface area contributed by atoms with Crippen LogP contribution >= 0.6 is 0 Å². The first-order valence-corrected chi connectivity index (χ1v) is 8.36. The maximum absolute atomic E-state index is 12.0. The van der Waals surface area contributed by atoms with E-state index in [-0.39, 0.29) is 11.9 Å². The molecule has 0 saturated carbocycles. The average molecular weight is 314 g/mol. The first kappa shape index (κ1) is 19.4. The summed E-state index contributed by atoms with van der Waals surface area (Å²) in [7, 11) is 4.02. The van der Waals surface area contributed by atoms with Gasteiger partial charge in [-0.05, 0) is 26.9 Å². The first-order chi connectivity index (χ1) is 10.3. The zero-order chi connectivity index (χ0) is 16.7. The van der Waals surface area contributed by atoms with Gasteiger partial charge in [-0.2, -0.15) is 0 Å². The van der Waals surface area contributed by atoms with E-state index in [2.05, 4.69) is 36.0 Å². The highest BCUT2D eigenvalue weighted by Gasteiger charge is 2.22. The summed E-state index contributed by atoms with van der Waals surface area (Å²) in [6, 6.07) is -0.221. The van der Waals surface area contributed by atoms with Crippen molar-refractivity contribution in [3.8, 4) is 0 Å². The normalized spacial score (nSPS) is 20.4. The van der Waals surface area contributed by atoms with Crippen molar-refractivity contribution in [2.75, 3.05) is 59.9 Å². The van der Waals surface area contributed by atoms with Crippen LogP contribution in [0, 0.1) is 5.92 Å². The predicted octanol–water partition coefficient (Wildman–Crippen LogP) is -0.313. The van der Waals surface area contributed by atoms with E-state index < -0.39 is 6.10 Å². The van der Waals surface area contributed by atoms with Crippen LogP contribution in [0.1, 0.15) is 20.8 Å². The van der Waals surface area contributed by atoms with Crippen LogP contribution in [0.3, 0.4) is 0 Å². The van der Waals surface area contributed by atoms with Crippen LogP contribution in [0.5, 0.6) is 0 Å². The molecule has 6 nitrogen and oxygen atoms in total. The van der Waals surface area contributed by atoms with Gasteiger partial charge in [0, 0.05) is 45.8 Å². The number of piperazine rings is 1. The highest BCUT2D eigenvalue weighted by molar-refractivity contribution is 5.81. The van der Waals surface area contributed by atoms with Crippen LogP contribution in [-0.4, -0.2) is 97.8 Å². The fourth-order valence-corrected chi connectivity index (χ4v) is 2.53. The van der Waals surface area contributed by atoms with Crippen molar-refractivity contribution in [3.05, 3.63) is 0 Å². The SMILES string of the molecule is CC(C)CNC(=O)C(C)N(C)CC(O)CN1CCN(C)CC1. The standard InChI is InChI=1S/C16H34N4O2/c1-13(2)10-17-16(22)14(3)19(5)11-15(21)12-20-8-6-18(4)7-9-20/h13-15,21H,6-12H2,1-5H3,(H,17,22). The van der Waals surface area contributed by atoms with Crippen LogP contribution in [0.25, 0.3) is 0 Å². The van der Waals surface area contributed by atoms with E-state index in [0.717, 1.165) is 26.2 Å². The van der Waals surface area contributed by atoms with Gasteiger partial charge in [-0.1, -0.05) is 13.8 Å². The predicted molar refractivity (Wildman–Crippen MR) is 89.9 cm³/mol. The van der Waals surface area contributed by atoms with Gasteiger partial charge in [0.1, 0.15) is 0 Å². The zero-order valence-electron chi connectivity index (χ0n) is 14.9. The first-order valence-electron chi connectivity index (χ1n) is 8.36. The summed E-state index contributed by atoms with van der Waals surface area (Å²) in [4.78, 5) is 18.6. The van der Waals surface area contributed by atoms with Gasteiger partial charge in [0.2, 0.25) is 5.91 Å². The van der Waals surface area contributed by atoms with E-state index in [1.54, 1.807) is 0 Å².